The number of benzene rings is 1. The molecule has 6 nitrogen and oxygen atoms in total. The smallest absolute Gasteiger partial charge is 0.339 e. The number of fused-ring (bicyclic) bond motifs is 1. The number of hydrogen-bond donors (Lipinski definition) is 1. The minimum atomic E-state index is -1.07. The minimum Gasteiger partial charge on any atom is -0.478 e. The Morgan fingerprint density at radius 3 is 2.92 bits per heavy atom. The zero-order chi connectivity index (χ0) is 17.3. The molecule has 1 aliphatic heterocycles. The van der Waals surface area contributed by atoms with E-state index in [-0.39, 0.29) is 24.5 Å². The molecular weight excluding hydrogens is 313 g/mol. The number of carboxylic acid groups (broad SMARTS) is 1. The number of ether oxygens (including phenoxy) is 1. The number of methoxy groups -OCH3 is 1. The van der Waals surface area contributed by atoms with E-state index >= 15 is 0 Å². The molecule has 0 bridgehead atoms. The van der Waals surface area contributed by atoms with E-state index in [2.05, 4.69) is 10.00 Å². The van der Waals surface area contributed by atoms with E-state index in [1.54, 1.807) is 6.07 Å². The average Bonchev–Trinajstić information content (AvgIpc) is 2.92. The second-order valence-corrected chi connectivity index (χ2v) is 6.10. The van der Waals surface area contributed by atoms with Gasteiger partial charge in [0, 0.05) is 25.8 Å². The molecule has 3 rings (SSSR count). The molecule has 24 heavy (non-hydrogen) atoms. The van der Waals surface area contributed by atoms with Crippen molar-refractivity contribution in [3.05, 3.63) is 52.1 Å². The van der Waals surface area contributed by atoms with Gasteiger partial charge in [0.1, 0.15) is 11.4 Å². The first kappa shape index (κ1) is 16.6. The molecule has 1 N–H and O–H groups in total. The summed E-state index contributed by atoms with van der Waals surface area (Å²) in [6.07, 6.45) is 2.11. The Labute approximate surface area is 139 Å². The summed E-state index contributed by atoms with van der Waals surface area (Å²) < 4.78 is 21.0. The normalized spacial score (nSPS) is 14.6. The lowest BCUT2D eigenvalue weighted by molar-refractivity contribution is 0.0691. The van der Waals surface area contributed by atoms with Gasteiger partial charge in [-0.2, -0.15) is 5.10 Å². The standard InChI is InChI=1S/C17H20FN3O3/c1-20-4-3-11-6-15(18)13(5-12(11)8-20)9-21-16(10-24-2)14(7-19-21)17(22)23/h5-7H,3-4,8-10H2,1-2H3,(H,22,23). The van der Waals surface area contributed by atoms with Gasteiger partial charge in [0.05, 0.1) is 25.0 Å². The molecule has 0 radical (unpaired) electrons. The van der Waals surface area contributed by atoms with Gasteiger partial charge < -0.3 is 14.7 Å². The van der Waals surface area contributed by atoms with Crippen LogP contribution in [0.1, 0.15) is 32.7 Å². The molecule has 0 spiro atoms. The van der Waals surface area contributed by atoms with Crippen LogP contribution in [0.3, 0.4) is 0 Å². The molecule has 0 atom stereocenters. The third-order valence-corrected chi connectivity index (χ3v) is 4.35. The molecule has 1 aromatic carbocycles. The van der Waals surface area contributed by atoms with Crippen LogP contribution in [0.5, 0.6) is 0 Å². The maximum atomic E-state index is 14.4. The molecule has 0 fully saturated rings. The van der Waals surface area contributed by atoms with Crippen LogP contribution in [0.15, 0.2) is 18.3 Å². The number of carbonyl (C=O) groups is 1. The largest absolute Gasteiger partial charge is 0.478 e. The van der Waals surface area contributed by atoms with Crippen LogP contribution in [0.25, 0.3) is 0 Å². The Balaban J connectivity index is 1.94. The highest BCUT2D eigenvalue weighted by Gasteiger charge is 2.20. The molecule has 0 aliphatic carbocycles. The molecule has 2 aromatic rings. The Kier molecular flexibility index (Phi) is 4.64. The van der Waals surface area contributed by atoms with Crippen molar-refractivity contribution in [3.63, 3.8) is 0 Å². The van der Waals surface area contributed by atoms with Crippen molar-refractivity contribution in [2.24, 2.45) is 0 Å². The van der Waals surface area contributed by atoms with Gasteiger partial charge in [0.25, 0.3) is 0 Å². The van der Waals surface area contributed by atoms with Crippen molar-refractivity contribution >= 4 is 5.97 Å². The number of aromatic nitrogens is 2. The van der Waals surface area contributed by atoms with E-state index in [0.29, 0.717) is 11.3 Å². The Bertz CT molecular complexity index is 773. The second-order valence-electron chi connectivity index (χ2n) is 6.10. The van der Waals surface area contributed by atoms with Crippen LogP contribution in [0.2, 0.25) is 0 Å². The summed E-state index contributed by atoms with van der Waals surface area (Å²) >= 11 is 0. The number of nitrogens with zero attached hydrogens (tertiary/aromatic N) is 3. The van der Waals surface area contributed by atoms with Gasteiger partial charge in [-0.1, -0.05) is 0 Å². The summed E-state index contributed by atoms with van der Waals surface area (Å²) in [4.78, 5) is 13.5. The summed E-state index contributed by atoms with van der Waals surface area (Å²) in [6, 6.07) is 3.45. The van der Waals surface area contributed by atoms with E-state index in [0.717, 1.165) is 30.6 Å². The van der Waals surface area contributed by atoms with E-state index in [4.69, 9.17) is 4.74 Å². The molecule has 1 aliphatic rings. The summed E-state index contributed by atoms with van der Waals surface area (Å²) in [5, 5.41) is 13.3. The summed E-state index contributed by atoms with van der Waals surface area (Å²) in [6.45, 7) is 1.99. The van der Waals surface area contributed by atoms with E-state index in [1.165, 1.54) is 18.0 Å². The predicted molar refractivity (Wildman–Crippen MR) is 85.4 cm³/mol. The number of hydrogen-bond acceptors (Lipinski definition) is 4. The molecule has 1 aromatic heterocycles. The minimum absolute atomic E-state index is 0.0787. The lowest BCUT2D eigenvalue weighted by Crippen LogP contribution is -2.27. The predicted octanol–water partition coefficient (Wildman–Crippen LogP) is 1.90. The number of halogens is 1. The molecule has 0 saturated carbocycles. The summed E-state index contributed by atoms with van der Waals surface area (Å²) in [5.74, 6) is -1.35. The highest BCUT2D eigenvalue weighted by molar-refractivity contribution is 5.88. The summed E-state index contributed by atoms with van der Waals surface area (Å²) in [5.41, 5.74) is 3.16. The number of carboxylic acids is 1. The van der Waals surface area contributed by atoms with E-state index in [9.17, 15) is 14.3 Å². The van der Waals surface area contributed by atoms with Gasteiger partial charge in [-0.3, -0.25) is 4.68 Å². The average molecular weight is 333 g/mol. The van der Waals surface area contributed by atoms with Crippen LogP contribution in [0.4, 0.5) is 4.39 Å². The van der Waals surface area contributed by atoms with Crippen molar-refractivity contribution in [2.75, 3.05) is 20.7 Å². The first-order valence-corrected chi connectivity index (χ1v) is 7.75. The lowest BCUT2D eigenvalue weighted by Gasteiger charge is -2.25. The third kappa shape index (κ3) is 3.18. The number of likely N-dealkylation sites (N-methyl/N-ethyl adjacent to an activating group) is 1. The summed E-state index contributed by atoms with van der Waals surface area (Å²) in [7, 11) is 3.52. The van der Waals surface area contributed by atoms with Gasteiger partial charge in [0.15, 0.2) is 0 Å². The molecule has 0 amide bonds. The fraction of sp³-hybridized carbons (Fsp3) is 0.412. The Morgan fingerprint density at radius 2 is 2.21 bits per heavy atom. The van der Waals surface area contributed by atoms with Gasteiger partial charge in [-0.05, 0) is 36.7 Å². The Hall–Kier alpha value is -2.25. The molecule has 128 valence electrons. The fourth-order valence-electron chi connectivity index (χ4n) is 3.07. The topological polar surface area (TPSA) is 67.6 Å². The molecule has 7 heteroatoms. The highest BCUT2D eigenvalue weighted by atomic mass is 19.1. The SMILES string of the molecule is COCc1c(C(=O)O)cnn1Cc1cc2c(cc1F)CCN(C)C2. The first-order chi connectivity index (χ1) is 11.5. The van der Waals surface area contributed by atoms with Crippen LogP contribution < -0.4 is 0 Å². The molecule has 2 heterocycles. The maximum Gasteiger partial charge on any atom is 0.339 e. The van der Waals surface area contributed by atoms with Crippen LogP contribution in [-0.4, -0.2) is 46.5 Å². The van der Waals surface area contributed by atoms with Crippen molar-refractivity contribution in [1.29, 1.82) is 0 Å². The van der Waals surface area contributed by atoms with Crippen molar-refractivity contribution in [1.82, 2.24) is 14.7 Å². The second kappa shape index (κ2) is 6.70. The van der Waals surface area contributed by atoms with E-state index in [1.807, 2.05) is 13.1 Å². The van der Waals surface area contributed by atoms with Crippen molar-refractivity contribution in [2.45, 2.75) is 26.1 Å². The zero-order valence-corrected chi connectivity index (χ0v) is 13.8. The van der Waals surface area contributed by atoms with Crippen molar-refractivity contribution in [3.8, 4) is 0 Å². The van der Waals surface area contributed by atoms with Gasteiger partial charge in [-0.25, -0.2) is 9.18 Å². The van der Waals surface area contributed by atoms with Gasteiger partial charge >= 0.3 is 5.97 Å². The van der Waals surface area contributed by atoms with Crippen LogP contribution >= 0.6 is 0 Å². The van der Waals surface area contributed by atoms with Gasteiger partial charge in [-0.15, -0.1) is 0 Å². The molecule has 0 unspecified atom stereocenters. The monoisotopic (exact) mass is 333 g/mol. The first-order valence-electron chi connectivity index (χ1n) is 7.75. The van der Waals surface area contributed by atoms with Gasteiger partial charge in [0.2, 0.25) is 0 Å². The maximum absolute atomic E-state index is 14.4. The fourth-order valence-corrected chi connectivity index (χ4v) is 3.07. The van der Waals surface area contributed by atoms with E-state index < -0.39 is 5.97 Å². The quantitative estimate of drug-likeness (QED) is 0.905. The zero-order valence-electron chi connectivity index (χ0n) is 13.8. The number of rotatable bonds is 5. The molecule has 0 saturated heterocycles. The third-order valence-electron chi connectivity index (χ3n) is 4.35. The van der Waals surface area contributed by atoms with Crippen molar-refractivity contribution < 1.29 is 19.0 Å². The molecular formula is C17H20FN3O3. The Morgan fingerprint density at radius 1 is 1.42 bits per heavy atom. The number of aromatic carboxylic acids is 1. The lowest BCUT2D eigenvalue weighted by atomic mass is 9.97. The van der Waals surface area contributed by atoms with Crippen LogP contribution in [-0.2, 0) is 30.9 Å². The highest BCUT2D eigenvalue weighted by Crippen LogP contribution is 2.23. The van der Waals surface area contributed by atoms with Crippen LogP contribution in [0, 0.1) is 5.82 Å².